The summed E-state index contributed by atoms with van der Waals surface area (Å²) in [5.41, 5.74) is -0.00860. The third-order valence-electron chi connectivity index (χ3n) is 4.86. The van der Waals surface area contributed by atoms with Gasteiger partial charge in [-0.15, -0.1) is 0 Å². The molecule has 0 saturated carbocycles. The molecule has 1 atom stereocenters. The van der Waals surface area contributed by atoms with E-state index < -0.39 is 11.6 Å². The standard InChI is InChI=1S/C15H17F2N3O/c1-8-11(16)6-10-14(13(8)17)21-19-15(10)18-12-7-20-4-2-9(12)3-5-20/h6,9,12H,2-5,7H2,1H3,(H,18,19)/t12-/m1/s1. The normalized spacial score (nSPS) is 28.2. The van der Waals surface area contributed by atoms with E-state index in [1.807, 2.05) is 0 Å². The van der Waals surface area contributed by atoms with Crippen LogP contribution in [0.25, 0.3) is 11.0 Å². The summed E-state index contributed by atoms with van der Waals surface area (Å²) in [4.78, 5) is 2.41. The van der Waals surface area contributed by atoms with Gasteiger partial charge in [0.2, 0.25) is 5.58 Å². The van der Waals surface area contributed by atoms with Gasteiger partial charge in [-0.1, -0.05) is 5.16 Å². The molecule has 3 saturated heterocycles. The first-order valence-corrected chi connectivity index (χ1v) is 7.36. The number of hydrogen-bond acceptors (Lipinski definition) is 4. The fraction of sp³-hybridized carbons (Fsp3) is 0.533. The molecule has 3 aliphatic heterocycles. The van der Waals surface area contributed by atoms with E-state index in [4.69, 9.17) is 4.52 Å². The van der Waals surface area contributed by atoms with Gasteiger partial charge in [0.15, 0.2) is 11.6 Å². The third-order valence-corrected chi connectivity index (χ3v) is 4.86. The fourth-order valence-corrected chi connectivity index (χ4v) is 3.51. The molecule has 2 bridgehead atoms. The maximum absolute atomic E-state index is 14.0. The molecular formula is C15H17F2N3O. The van der Waals surface area contributed by atoms with Crippen LogP contribution in [0.5, 0.6) is 0 Å². The summed E-state index contributed by atoms with van der Waals surface area (Å²) in [6, 6.07) is 1.57. The largest absolute Gasteiger partial charge is 0.362 e. The van der Waals surface area contributed by atoms with E-state index in [0.29, 0.717) is 17.1 Å². The molecule has 3 aliphatic rings. The Morgan fingerprint density at radius 3 is 2.76 bits per heavy atom. The lowest BCUT2D eigenvalue weighted by molar-refractivity contribution is 0.0973. The molecule has 2 aromatic rings. The number of anilines is 1. The number of aromatic nitrogens is 1. The number of nitrogens with one attached hydrogen (secondary N) is 1. The Morgan fingerprint density at radius 1 is 1.33 bits per heavy atom. The molecule has 0 radical (unpaired) electrons. The van der Waals surface area contributed by atoms with Crippen LogP contribution in [-0.4, -0.2) is 35.7 Å². The molecule has 21 heavy (non-hydrogen) atoms. The smallest absolute Gasteiger partial charge is 0.205 e. The van der Waals surface area contributed by atoms with Crippen LogP contribution in [0.15, 0.2) is 10.6 Å². The summed E-state index contributed by atoms with van der Waals surface area (Å²) in [5, 5.41) is 7.62. The SMILES string of the molecule is Cc1c(F)cc2c(N[C@@H]3CN4CCC3CC4)noc2c1F. The molecule has 1 aromatic heterocycles. The first-order valence-electron chi connectivity index (χ1n) is 7.36. The van der Waals surface area contributed by atoms with Crippen LogP contribution in [0, 0.1) is 24.5 Å². The van der Waals surface area contributed by atoms with Gasteiger partial charge in [0.25, 0.3) is 0 Å². The quantitative estimate of drug-likeness (QED) is 0.924. The monoisotopic (exact) mass is 293 g/mol. The number of rotatable bonds is 2. The molecule has 0 aliphatic carbocycles. The van der Waals surface area contributed by atoms with Crippen LogP contribution in [-0.2, 0) is 0 Å². The van der Waals surface area contributed by atoms with Crippen molar-refractivity contribution in [1.29, 1.82) is 0 Å². The molecule has 0 spiro atoms. The molecule has 112 valence electrons. The Morgan fingerprint density at radius 2 is 2.10 bits per heavy atom. The Labute approximate surface area is 121 Å². The highest BCUT2D eigenvalue weighted by Gasteiger charge is 2.34. The lowest BCUT2D eigenvalue weighted by Crippen LogP contribution is -2.53. The lowest BCUT2D eigenvalue weighted by atomic mass is 9.84. The van der Waals surface area contributed by atoms with E-state index in [1.54, 1.807) is 0 Å². The maximum atomic E-state index is 14.0. The summed E-state index contributed by atoms with van der Waals surface area (Å²) in [6.07, 6.45) is 2.32. The zero-order chi connectivity index (χ0) is 14.6. The van der Waals surface area contributed by atoms with Gasteiger partial charge in [-0.2, -0.15) is 0 Å². The Balaban J connectivity index is 1.68. The van der Waals surface area contributed by atoms with Crippen molar-refractivity contribution in [3.05, 3.63) is 23.3 Å². The van der Waals surface area contributed by atoms with E-state index >= 15 is 0 Å². The number of hydrogen-bond donors (Lipinski definition) is 1. The summed E-state index contributed by atoms with van der Waals surface area (Å²) in [7, 11) is 0. The Bertz CT molecular complexity index is 692. The van der Waals surface area contributed by atoms with Crippen LogP contribution >= 0.6 is 0 Å². The molecule has 3 fully saturated rings. The molecule has 4 heterocycles. The topological polar surface area (TPSA) is 41.3 Å². The highest BCUT2D eigenvalue weighted by Crippen LogP contribution is 2.33. The van der Waals surface area contributed by atoms with Gasteiger partial charge >= 0.3 is 0 Å². The third kappa shape index (κ3) is 2.00. The van der Waals surface area contributed by atoms with E-state index in [9.17, 15) is 8.78 Å². The molecular weight excluding hydrogens is 276 g/mol. The summed E-state index contributed by atoms with van der Waals surface area (Å²) in [5.74, 6) is -0.192. The first kappa shape index (κ1) is 13.0. The van der Waals surface area contributed by atoms with Crippen molar-refractivity contribution in [1.82, 2.24) is 10.1 Å². The second kappa shape index (κ2) is 4.66. The van der Waals surface area contributed by atoms with Gasteiger partial charge in [-0.3, -0.25) is 0 Å². The molecule has 5 rings (SSSR count). The summed E-state index contributed by atoms with van der Waals surface area (Å²) in [6.45, 7) is 4.64. The Hall–Kier alpha value is -1.69. The first-order chi connectivity index (χ1) is 10.1. The molecule has 1 aromatic carbocycles. The second-order valence-electron chi connectivity index (χ2n) is 6.09. The highest BCUT2D eigenvalue weighted by atomic mass is 19.1. The Kier molecular flexibility index (Phi) is 2.89. The zero-order valence-corrected chi connectivity index (χ0v) is 11.8. The van der Waals surface area contributed by atoms with Crippen molar-refractivity contribution in [2.24, 2.45) is 5.92 Å². The highest BCUT2D eigenvalue weighted by molar-refractivity contribution is 5.89. The lowest BCUT2D eigenvalue weighted by Gasteiger charge is -2.44. The predicted molar refractivity (Wildman–Crippen MR) is 75.2 cm³/mol. The average Bonchev–Trinajstić information content (AvgIpc) is 2.89. The zero-order valence-electron chi connectivity index (χ0n) is 11.8. The molecule has 1 N–H and O–H groups in total. The van der Waals surface area contributed by atoms with Crippen LogP contribution in [0.3, 0.4) is 0 Å². The number of benzene rings is 1. The minimum absolute atomic E-state index is 0.0256. The van der Waals surface area contributed by atoms with Crippen molar-refractivity contribution in [2.45, 2.75) is 25.8 Å². The van der Waals surface area contributed by atoms with Crippen molar-refractivity contribution in [2.75, 3.05) is 25.0 Å². The van der Waals surface area contributed by atoms with Crippen molar-refractivity contribution in [3.63, 3.8) is 0 Å². The van der Waals surface area contributed by atoms with Crippen molar-refractivity contribution < 1.29 is 13.3 Å². The van der Waals surface area contributed by atoms with E-state index in [-0.39, 0.29) is 17.2 Å². The van der Waals surface area contributed by atoms with E-state index in [1.165, 1.54) is 13.0 Å². The van der Waals surface area contributed by atoms with E-state index in [0.717, 1.165) is 32.5 Å². The van der Waals surface area contributed by atoms with Gasteiger partial charge in [-0.25, -0.2) is 8.78 Å². The number of fused-ring (bicyclic) bond motifs is 4. The van der Waals surface area contributed by atoms with Gasteiger partial charge in [-0.05, 0) is 44.8 Å². The van der Waals surface area contributed by atoms with Crippen molar-refractivity contribution in [3.8, 4) is 0 Å². The van der Waals surface area contributed by atoms with Gasteiger partial charge in [0, 0.05) is 18.2 Å². The van der Waals surface area contributed by atoms with Gasteiger partial charge in [0.05, 0.1) is 5.39 Å². The molecule has 0 amide bonds. The predicted octanol–water partition coefficient (Wildman–Crippen LogP) is 2.92. The number of nitrogens with zero attached hydrogens (tertiary/aromatic N) is 2. The van der Waals surface area contributed by atoms with E-state index in [2.05, 4.69) is 15.4 Å². The van der Waals surface area contributed by atoms with Crippen LogP contribution in [0.4, 0.5) is 14.6 Å². The van der Waals surface area contributed by atoms with Gasteiger partial charge in [0.1, 0.15) is 5.82 Å². The van der Waals surface area contributed by atoms with Crippen LogP contribution in [0.1, 0.15) is 18.4 Å². The molecule has 0 unspecified atom stereocenters. The fourth-order valence-electron chi connectivity index (χ4n) is 3.51. The minimum Gasteiger partial charge on any atom is -0.362 e. The number of halogens is 2. The van der Waals surface area contributed by atoms with Crippen LogP contribution in [0.2, 0.25) is 0 Å². The molecule has 4 nitrogen and oxygen atoms in total. The maximum Gasteiger partial charge on any atom is 0.205 e. The average molecular weight is 293 g/mol. The summed E-state index contributed by atoms with van der Waals surface area (Å²) >= 11 is 0. The van der Waals surface area contributed by atoms with Crippen LogP contribution < -0.4 is 5.32 Å². The van der Waals surface area contributed by atoms with Gasteiger partial charge < -0.3 is 14.7 Å². The molecule has 6 heteroatoms. The van der Waals surface area contributed by atoms with Crippen molar-refractivity contribution >= 4 is 16.8 Å². The second-order valence-corrected chi connectivity index (χ2v) is 6.09. The summed E-state index contributed by atoms with van der Waals surface area (Å²) < 4.78 is 32.8. The minimum atomic E-state index is -0.667. The number of piperidine rings is 3.